The molecule has 0 heterocycles. The average Bonchev–Trinajstić information content (AvgIpc) is 2.83. The van der Waals surface area contributed by atoms with Gasteiger partial charge in [0.2, 0.25) is 0 Å². The Morgan fingerprint density at radius 2 is 0.853 bits per heavy atom. The molecule has 0 rings (SSSR count). The van der Waals surface area contributed by atoms with E-state index >= 15 is 0 Å². The van der Waals surface area contributed by atoms with Gasteiger partial charge in [0.25, 0.3) is 0 Å². The van der Waals surface area contributed by atoms with E-state index in [1.165, 1.54) is 0 Å². The number of carbonyl (C=O) groups is 2. The Bertz CT molecular complexity index is 617. The predicted octanol–water partition coefficient (Wildman–Crippen LogP) is 5.03. The molecule has 0 amide bonds. The van der Waals surface area contributed by atoms with Crippen molar-refractivity contribution >= 4 is 11.9 Å². The summed E-state index contributed by atoms with van der Waals surface area (Å²) in [4.78, 5) is 31.9. The molecule has 0 aliphatic rings. The van der Waals surface area contributed by atoms with Crippen LogP contribution in [0.2, 0.25) is 0 Å². The number of likely N-dealkylation sites (N-methyl/N-ethyl adjacent to an activating group) is 2. The average molecular weight is 477 g/mol. The smallest absolute Gasteiger partial charge is 0.321 e. The Morgan fingerprint density at radius 3 is 1.06 bits per heavy atom. The number of allylic oxidation sites excluding steroid dienone is 4. The number of ether oxygens (including phenoxy) is 2. The van der Waals surface area contributed by atoms with E-state index in [-0.39, 0.29) is 13.2 Å². The molecule has 0 saturated heterocycles. The minimum atomic E-state index is -1.38. The summed E-state index contributed by atoms with van der Waals surface area (Å²) < 4.78 is 11.6. The summed E-state index contributed by atoms with van der Waals surface area (Å²) in [6, 6.07) is 0. The highest BCUT2D eigenvalue weighted by Crippen LogP contribution is 2.47. The zero-order valence-electron chi connectivity index (χ0n) is 22.8. The molecule has 0 unspecified atom stereocenters. The standard InChI is InChI=1S/C28H48N2O4/c1-9-17-27(18-10-2,25(31)33-23-21-29(13-5)14-6)28(19-11-3,20-12-4)26(32)34-24-22-30(15-7)16-8/h9-12,17-20H,13-16,21-24H2,1-8H3/b17-9+,18-10+,19-11+,20-12+. The molecular formula is C28H48N2O4. The first kappa shape index (κ1) is 31.8. The van der Waals surface area contributed by atoms with Crippen molar-refractivity contribution in [2.24, 2.45) is 10.8 Å². The molecule has 6 heteroatoms. The molecule has 0 radical (unpaired) electrons. The van der Waals surface area contributed by atoms with Gasteiger partial charge in [0.1, 0.15) is 24.0 Å². The van der Waals surface area contributed by atoms with E-state index in [2.05, 4.69) is 37.5 Å². The summed E-state index contributed by atoms with van der Waals surface area (Å²) in [5.74, 6) is -0.958. The SMILES string of the molecule is C/C=C/C(/C=C/C)(C(=O)OCCN(CC)CC)C(/C=C/C)(/C=C/C)C(=O)OCCN(CC)CC. The van der Waals surface area contributed by atoms with E-state index in [9.17, 15) is 9.59 Å². The first-order chi connectivity index (χ1) is 16.3. The molecule has 0 spiro atoms. The summed E-state index contributed by atoms with van der Waals surface area (Å²) >= 11 is 0. The van der Waals surface area contributed by atoms with E-state index in [1.807, 2.05) is 27.7 Å². The van der Waals surface area contributed by atoms with Gasteiger partial charge in [-0.3, -0.25) is 9.59 Å². The second kappa shape index (κ2) is 17.3. The molecule has 0 aromatic carbocycles. The van der Waals surface area contributed by atoms with Crippen LogP contribution in [0.25, 0.3) is 0 Å². The number of hydrogen-bond acceptors (Lipinski definition) is 6. The number of hydrogen-bond donors (Lipinski definition) is 0. The molecular weight excluding hydrogens is 428 g/mol. The summed E-state index contributed by atoms with van der Waals surface area (Å²) in [6.45, 7) is 20.9. The van der Waals surface area contributed by atoms with Crippen molar-refractivity contribution in [3.63, 3.8) is 0 Å². The van der Waals surface area contributed by atoms with Gasteiger partial charge in [-0.15, -0.1) is 0 Å². The number of carbonyl (C=O) groups excluding carboxylic acids is 2. The van der Waals surface area contributed by atoms with E-state index < -0.39 is 22.8 Å². The van der Waals surface area contributed by atoms with Crippen molar-refractivity contribution in [2.75, 3.05) is 52.5 Å². The van der Waals surface area contributed by atoms with Crippen molar-refractivity contribution in [1.29, 1.82) is 0 Å². The molecule has 0 aliphatic carbocycles. The summed E-state index contributed by atoms with van der Waals surface area (Å²) in [5.41, 5.74) is -2.77. The van der Waals surface area contributed by atoms with Crippen LogP contribution in [-0.2, 0) is 19.1 Å². The summed E-state index contributed by atoms with van der Waals surface area (Å²) in [7, 11) is 0. The Morgan fingerprint density at radius 1 is 0.588 bits per heavy atom. The first-order valence-corrected chi connectivity index (χ1v) is 12.7. The Kier molecular flexibility index (Phi) is 16.2. The van der Waals surface area contributed by atoms with Crippen molar-refractivity contribution in [1.82, 2.24) is 9.80 Å². The van der Waals surface area contributed by atoms with Crippen LogP contribution in [0.3, 0.4) is 0 Å². The molecule has 0 atom stereocenters. The minimum absolute atomic E-state index is 0.246. The molecule has 0 bridgehead atoms. The lowest BCUT2D eigenvalue weighted by atomic mass is 9.61. The maximum absolute atomic E-state index is 13.8. The molecule has 194 valence electrons. The lowest BCUT2D eigenvalue weighted by Gasteiger charge is -2.40. The fraction of sp³-hybridized carbons (Fsp3) is 0.643. The van der Waals surface area contributed by atoms with Crippen molar-refractivity contribution in [2.45, 2.75) is 55.4 Å². The number of nitrogens with zero attached hydrogens (tertiary/aromatic N) is 2. The number of rotatable bonds is 17. The van der Waals surface area contributed by atoms with Gasteiger partial charge >= 0.3 is 11.9 Å². The Hall–Kier alpha value is -2.18. The zero-order valence-corrected chi connectivity index (χ0v) is 22.8. The van der Waals surface area contributed by atoms with E-state index in [4.69, 9.17) is 9.47 Å². The van der Waals surface area contributed by atoms with E-state index in [0.717, 1.165) is 26.2 Å². The lowest BCUT2D eigenvalue weighted by Crippen LogP contribution is -2.50. The highest BCUT2D eigenvalue weighted by Gasteiger charge is 2.57. The predicted molar refractivity (Wildman–Crippen MR) is 142 cm³/mol. The van der Waals surface area contributed by atoms with Gasteiger partial charge in [-0.2, -0.15) is 0 Å². The molecule has 0 N–H and O–H groups in total. The van der Waals surface area contributed by atoms with Crippen LogP contribution >= 0.6 is 0 Å². The van der Waals surface area contributed by atoms with Gasteiger partial charge in [-0.25, -0.2) is 0 Å². The van der Waals surface area contributed by atoms with Crippen LogP contribution in [0, 0.1) is 10.8 Å². The third kappa shape index (κ3) is 8.24. The van der Waals surface area contributed by atoms with Crippen LogP contribution in [0.4, 0.5) is 0 Å². The Labute approximate surface area is 208 Å². The fourth-order valence-electron chi connectivity index (χ4n) is 4.18. The molecule has 0 aromatic heterocycles. The Balaban J connectivity index is 6.38. The maximum Gasteiger partial charge on any atom is 0.321 e. The van der Waals surface area contributed by atoms with Gasteiger partial charge in [0, 0.05) is 13.1 Å². The molecule has 0 saturated carbocycles. The highest BCUT2D eigenvalue weighted by atomic mass is 16.5. The van der Waals surface area contributed by atoms with Crippen molar-refractivity contribution in [3.05, 3.63) is 48.6 Å². The van der Waals surface area contributed by atoms with Gasteiger partial charge in [-0.05, 0) is 53.9 Å². The van der Waals surface area contributed by atoms with Crippen LogP contribution in [-0.4, -0.2) is 74.2 Å². The first-order valence-electron chi connectivity index (χ1n) is 12.7. The normalized spacial score (nSPS) is 13.4. The molecule has 0 aliphatic heterocycles. The highest BCUT2D eigenvalue weighted by molar-refractivity contribution is 5.95. The van der Waals surface area contributed by atoms with Crippen LogP contribution < -0.4 is 0 Å². The summed E-state index contributed by atoms with van der Waals surface area (Å²) in [6.07, 6.45) is 14.1. The molecule has 34 heavy (non-hydrogen) atoms. The third-order valence-corrected chi connectivity index (χ3v) is 6.15. The largest absolute Gasteiger partial charge is 0.463 e. The van der Waals surface area contributed by atoms with Gasteiger partial charge in [0.05, 0.1) is 0 Å². The molecule has 6 nitrogen and oxygen atoms in total. The van der Waals surface area contributed by atoms with Gasteiger partial charge in [-0.1, -0.05) is 76.3 Å². The second-order valence-corrected chi connectivity index (χ2v) is 8.06. The monoisotopic (exact) mass is 476 g/mol. The quantitative estimate of drug-likeness (QED) is 0.217. The van der Waals surface area contributed by atoms with Crippen molar-refractivity contribution in [3.8, 4) is 0 Å². The fourth-order valence-corrected chi connectivity index (χ4v) is 4.18. The maximum atomic E-state index is 13.8. The third-order valence-electron chi connectivity index (χ3n) is 6.15. The van der Waals surface area contributed by atoms with Gasteiger partial charge in [0.15, 0.2) is 0 Å². The van der Waals surface area contributed by atoms with E-state index in [0.29, 0.717) is 13.1 Å². The van der Waals surface area contributed by atoms with Crippen molar-refractivity contribution < 1.29 is 19.1 Å². The topological polar surface area (TPSA) is 59.1 Å². The van der Waals surface area contributed by atoms with Crippen LogP contribution in [0.1, 0.15) is 55.4 Å². The van der Waals surface area contributed by atoms with Crippen LogP contribution in [0.15, 0.2) is 48.6 Å². The summed E-state index contributed by atoms with van der Waals surface area (Å²) in [5, 5.41) is 0. The number of esters is 2. The zero-order chi connectivity index (χ0) is 26.0. The lowest BCUT2D eigenvalue weighted by molar-refractivity contribution is -0.166. The van der Waals surface area contributed by atoms with E-state index in [1.54, 1.807) is 48.6 Å². The molecule has 0 aromatic rings. The minimum Gasteiger partial charge on any atom is -0.463 e. The molecule has 0 fully saturated rings. The van der Waals surface area contributed by atoms with Gasteiger partial charge < -0.3 is 19.3 Å². The second-order valence-electron chi connectivity index (χ2n) is 8.06. The van der Waals surface area contributed by atoms with Crippen LogP contribution in [0.5, 0.6) is 0 Å².